The zero-order valence-corrected chi connectivity index (χ0v) is 27.3. The van der Waals surface area contributed by atoms with Gasteiger partial charge in [-0.25, -0.2) is 8.42 Å². The molecule has 3 aliphatic heterocycles. The summed E-state index contributed by atoms with van der Waals surface area (Å²) in [5.41, 5.74) is 2.83. The molecule has 0 saturated carbocycles. The number of carbonyl (C=O) groups excluding carboxylic acids is 3. The van der Waals surface area contributed by atoms with E-state index in [9.17, 15) is 22.8 Å². The van der Waals surface area contributed by atoms with E-state index in [4.69, 9.17) is 14.2 Å². The van der Waals surface area contributed by atoms with Crippen LogP contribution in [0.25, 0.3) is 11.1 Å². The van der Waals surface area contributed by atoms with Crippen LogP contribution in [0.15, 0.2) is 95.9 Å². The first-order valence-corrected chi connectivity index (χ1v) is 17.3. The molecule has 4 aromatic carbocycles. The number of nitrogens with one attached hydrogen (secondary N) is 2. The third-order valence-corrected chi connectivity index (χ3v) is 9.45. The molecule has 2 atom stereocenters. The van der Waals surface area contributed by atoms with E-state index in [1.807, 2.05) is 18.2 Å². The number of ether oxygens (including phenoxy) is 3. The highest BCUT2D eigenvalue weighted by atomic mass is 32.2. The average molecular weight is 670 g/mol. The van der Waals surface area contributed by atoms with Crippen molar-refractivity contribution in [2.75, 3.05) is 33.1 Å². The number of amides is 3. The lowest BCUT2D eigenvalue weighted by atomic mass is 9.98. The quantitative estimate of drug-likeness (QED) is 0.335. The highest BCUT2D eigenvalue weighted by Gasteiger charge is 2.35. The average Bonchev–Trinajstić information content (AvgIpc) is 3.10. The fraction of sp³-hybridized carbons (Fsp3) is 0.250. The summed E-state index contributed by atoms with van der Waals surface area (Å²) in [5.74, 6) is 0.585. The van der Waals surface area contributed by atoms with Gasteiger partial charge in [-0.15, -0.1) is 0 Å². The summed E-state index contributed by atoms with van der Waals surface area (Å²) < 4.78 is 42.1. The number of methoxy groups -OCH3 is 1. The summed E-state index contributed by atoms with van der Waals surface area (Å²) >= 11 is 0. The molecule has 0 aliphatic carbocycles. The standard InChI is InChI=1S/C36H35N3O8S/c1-45-32-14-11-25-19-30(32)24-5-3-7-28(17-24)46-22-34(40)37-20-23-9-12-27(13-10-23)47-33-15-16-39(21-31(33)38-35(25)41)36(42)26-6-4-8-29(18-26)48(2,43)44/h3-14,17-19,31,33H,15-16,20-22H2,1-2H3,(H,37,40)(H,38,41)/t31-,33-/m1/s1. The van der Waals surface area contributed by atoms with E-state index in [0.717, 1.165) is 17.4 Å². The van der Waals surface area contributed by atoms with Gasteiger partial charge in [-0.2, -0.15) is 0 Å². The smallest absolute Gasteiger partial charge is 0.258 e. The van der Waals surface area contributed by atoms with Gasteiger partial charge in [0.25, 0.3) is 17.7 Å². The second-order valence-corrected chi connectivity index (χ2v) is 13.7. The topological polar surface area (TPSA) is 140 Å². The molecule has 3 heterocycles. The molecule has 6 bridgehead atoms. The van der Waals surface area contributed by atoms with Crippen LogP contribution in [0, 0.1) is 0 Å². The van der Waals surface area contributed by atoms with Crippen molar-refractivity contribution in [3.05, 3.63) is 108 Å². The van der Waals surface area contributed by atoms with E-state index in [0.29, 0.717) is 47.9 Å². The summed E-state index contributed by atoms with van der Waals surface area (Å²) in [6.45, 7) is 0.585. The van der Waals surface area contributed by atoms with Crippen molar-refractivity contribution < 1.29 is 37.0 Å². The highest BCUT2D eigenvalue weighted by molar-refractivity contribution is 7.90. The van der Waals surface area contributed by atoms with Gasteiger partial charge in [0.15, 0.2) is 16.4 Å². The third-order valence-electron chi connectivity index (χ3n) is 8.34. The molecular formula is C36H35N3O8S. The normalized spacial score (nSPS) is 18.3. The van der Waals surface area contributed by atoms with Crippen LogP contribution in [-0.2, 0) is 21.2 Å². The Bertz CT molecular complexity index is 1960. The van der Waals surface area contributed by atoms with E-state index < -0.39 is 22.0 Å². The Balaban J connectivity index is 1.34. The van der Waals surface area contributed by atoms with E-state index in [-0.39, 0.29) is 41.3 Å². The van der Waals surface area contributed by atoms with Crippen LogP contribution in [-0.4, -0.2) is 76.2 Å². The van der Waals surface area contributed by atoms with Crippen LogP contribution < -0.4 is 24.8 Å². The van der Waals surface area contributed by atoms with Gasteiger partial charge in [-0.3, -0.25) is 14.4 Å². The third kappa shape index (κ3) is 7.44. The molecule has 3 amide bonds. The monoisotopic (exact) mass is 669 g/mol. The Morgan fingerprint density at radius 1 is 0.917 bits per heavy atom. The minimum absolute atomic E-state index is 0.0535. The second-order valence-electron chi connectivity index (χ2n) is 11.7. The molecule has 1 saturated heterocycles. The fourth-order valence-corrected chi connectivity index (χ4v) is 6.44. The molecule has 1 fully saturated rings. The molecule has 2 N–H and O–H groups in total. The maximum atomic E-state index is 13.8. The van der Waals surface area contributed by atoms with Crippen molar-refractivity contribution in [3.63, 3.8) is 0 Å². The molecule has 0 unspecified atom stereocenters. The molecule has 7 rings (SSSR count). The number of carbonyl (C=O) groups is 3. The molecule has 12 heteroatoms. The van der Waals surface area contributed by atoms with Crippen LogP contribution in [0.5, 0.6) is 17.2 Å². The van der Waals surface area contributed by atoms with Gasteiger partial charge in [0.2, 0.25) is 0 Å². The summed E-state index contributed by atoms with van der Waals surface area (Å²) in [6.07, 6.45) is 1.02. The molecule has 0 spiro atoms. The number of nitrogens with zero attached hydrogens (tertiary/aromatic N) is 1. The summed E-state index contributed by atoms with van der Waals surface area (Å²) in [4.78, 5) is 41.7. The summed E-state index contributed by atoms with van der Waals surface area (Å²) in [7, 11) is -1.97. The molecule has 248 valence electrons. The maximum absolute atomic E-state index is 13.8. The van der Waals surface area contributed by atoms with Crippen LogP contribution in [0.1, 0.15) is 32.7 Å². The fourth-order valence-electron chi connectivity index (χ4n) is 5.78. The van der Waals surface area contributed by atoms with Crippen molar-refractivity contribution in [2.24, 2.45) is 0 Å². The van der Waals surface area contributed by atoms with E-state index in [1.165, 1.54) is 12.1 Å². The first-order chi connectivity index (χ1) is 23.1. The zero-order valence-electron chi connectivity index (χ0n) is 26.5. The Hall–Kier alpha value is -5.36. The Labute approximate surface area is 278 Å². The maximum Gasteiger partial charge on any atom is 0.258 e. The van der Waals surface area contributed by atoms with Gasteiger partial charge in [0, 0.05) is 49.0 Å². The van der Waals surface area contributed by atoms with Crippen molar-refractivity contribution in [2.45, 2.75) is 30.0 Å². The second kappa shape index (κ2) is 13.8. The lowest BCUT2D eigenvalue weighted by Crippen LogP contribution is -2.58. The number of hydrogen-bond donors (Lipinski definition) is 2. The molecule has 48 heavy (non-hydrogen) atoms. The molecule has 4 aromatic rings. The van der Waals surface area contributed by atoms with E-state index in [2.05, 4.69) is 10.6 Å². The van der Waals surface area contributed by atoms with Crippen LogP contribution in [0.3, 0.4) is 0 Å². The van der Waals surface area contributed by atoms with Gasteiger partial charge in [0.1, 0.15) is 23.4 Å². The van der Waals surface area contributed by atoms with Gasteiger partial charge in [0.05, 0.1) is 18.0 Å². The summed E-state index contributed by atoms with van der Waals surface area (Å²) in [5, 5.41) is 5.96. The van der Waals surface area contributed by atoms with Gasteiger partial charge in [-0.05, 0) is 71.8 Å². The number of rotatable bonds is 3. The van der Waals surface area contributed by atoms with Crippen LogP contribution in [0.2, 0.25) is 0 Å². The predicted molar refractivity (Wildman–Crippen MR) is 178 cm³/mol. The molecule has 11 nitrogen and oxygen atoms in total. The van der Waals surface area contributed by atoms with E-state index in [1.54, 1.807) is 72.7 Å². The number of hydrogen-bond acceptors (Lipinski definition) is 8. The lowest BCUT2D eigenvalue weighted by Gasteiger charge is -2.39. The van der Waals surface area contributed by atoms with Crippen molar-refractivity contribution >= 4 is 27.6 Å². The number of benzene rings is 4. The predicted octanol–water partition coefficient (Wildman–Crippen LogP) is 3.87. The van der Waals surface area contributed by atoms with Crippen LogP contribution >= 0.6 is 0 Å². The van der Waals surface area contributed by atoms with Crippen LogP contribution in [0.4, 0.5) is 0 Å². The zero-order chi connectivity index (χ0) is 33.8. The Kier molecular flexibility index (Phi) is 9.35. The minimum atomic E-state index is -3.51. The Morgan fingerprint density at radius 2 is 1.71 bits per heavy atom. The Morgan fingerprint density at radius 3 is 2.48 bits per heavy atom. The number of sulfone groups is 1. The van der Waals surface area contributed by atoms with Crippen molar-refractivity contribution in [1.82, 2.24) is 15.5 Å². The van der Waals surface area contributed by atoms with Crippen molar-refractivity contribution in [3.8, 4) is 28.4 Å². The first kappa shape index (κ1) is 32.6. The SMILES string of the molecule is COc1ccc2cc1-c1cccc(c1)OCC(=O)NCc1ccc(cc1)O[C@@H]1CCN(C(=O)c3cccc(S(C)(=O)=O)c3)C[C@H]1NC2=O. The largest absolute Gasteiger partial charge is 0.496 e. The molecule has 3 aliphatic rings. The van der Waals surface area contributed by atoms with Gasteiger partial charge in [-0.1, -0.05) is 30.3 Å². The van der Waals surface area contributed by atoms with Crippen molar-refractivity contribution in [1.29, 1.82) is 0 Å². The van der Waals surface area contributed by atoms with Gasteiger partial charge < -0.3 is 29.7 Å². The van der Waals surface area contributed by atoms with E-state index >= 15 is 0 Å². The number of likely N-dealkylation sites (tertiary alicyclic amines) is 1. The summed E-state index contributed by atoms with van der Waals surface area (Å²) in [6, 6.07) is 24.9. The lowest BCUT2D eigenvalue weighted by molar-refractivity contribution is -0.123. The number of piperidine rings is 1. The highest BCUT2D eigenvalue weighted by Crippen LogP contribution is 2.33. The molecular weight excluding hydrogens is 634 g/mol. The molecule has 0 aromatic heterocycles. The molecule has 0 radical (unpaired) electrons. The first-order valence-electron chi connectivity index (χ1n) is 15.4. The van der Waals surface area contributed by atoms with Gasteiger partial charge >= 0.3 is 0 Å². The minimum Gasteiger partial charge on any atom is -0.496 e. The number of fused-ring (bicyclic) bond motifs is 7.